The minimum atomic E-state index is 0.0887. The molecule has 0 radical (unpaired) electrons. The van der Waals surface area contributed by atoms with Gasteiger partial charge in [-0.25, -0.2) is 9.67 Å². The summed E-state index contributed by atoms with van der Waals surface area (Å²) in [4.78, 5) is 4.71. The lowest BCUT2D eigenvalue weighted by Gasteiger charge is -2.33. The summed E-state index contributed by atoms with van der Waals surface area (Å²) >= 11 is 6.31. The quantitative estimate of drug-likeness (QED) is 0.875. The number of aryl methyl sites for hydroxylation is 2. The molecule has 136 valence electrons. The number of halogens is 1. The van der Waals surface area contributed by atoms with Crippen molar-refractivity contribution in [2.75, 3.05) is 6.61 Å². The van der Waals surface area contributed by atoms with Crippen LogP contribution in [-0.2, 0) is 4.74 Å². The maximum Gasteiger partial charge on any atom is 0.148 e. The van der Waals surface area contributed by atoms with E-state index in [0.717, 1.165) is 60.2 Å². The monoisotopic (exact) mass is 362 g/mol. The molecule has 1 heterocycles. The second-order valence-corrected chi connectivity index (χ2v) is 7.35. The lowest BCUT2D eigenvalue weighted by atomic mass is 9.83. The van der Waals surface area contributed by atoms with Crippen LogP contribution in [0.5, 0.6) is 0 Å². The van der Waals surface area contributed by atoms with Gasteiger partial charge in [-0.3, -0.25) is 0 Å². The highest BCUT2D eigenvalue weighted by atomic mass is 35.5. The van der Waals surface area contributed by atoms with Crippen molar-refractivity contribution < 1.29 is 4.74 Å². The number of rotatable bonds is 5. The maximum absolute atomic E-state index is 6.31. The van der Waals surface area contributed by atoms with Crippen LogP contribution in [0.25, 0.3) is 5.69 Å². The number of hydrogen-bond acceptors (Lipinski definition) is 4. The van der Waals surface area contributed by atoms with E-state index in [-0.39, 0.29) is 12.1 Å². The van der Waals surface area contributed by atoms with Crippen LogP contribution in [0.3, 0.4) is 0 Å². The molecule has 2 aromatic rings. The molecule has 1 saturated carbocycles. The molecular weight excluding hydrogens is 336 g/mol. The van der Waals surface area contributed by atoms with E-state index in [1.807, 2.05) is 36.7 Å². The van der Waals surface area contributed by atoms with Crippen LogP contribution in [0.15, 0.2) is 18.2 Å². The van der Waals surface area contributed by atoms with Gasteiger partial charge in [0.1, 0.15) is 11.6 Å². The molecule has 1 aliphatic rings. The third-order valence-electron chi connectivity index (χ3n) is 4.88. The lowest BCUT2D eigenvalue weighted by Crippen LogP contribution is -2.42. The first-order chi connectivity index (χ1) is 12.0. The van der Waals surface area contributed by atoms with Gasteiger partial charge >= 0.3 is 0 Å². The summed E-state index contributed by atoms with van der Waals surface area (Å²) in [7, 11) is 0. The normalized spacial score (nSPS) is 23.8. The van der Waals surface area contributed by atoms with E-state index in [9.17, 15) is 0 Å². The summed E-state index contributed by atoms with van der Waals surface area (Å²) in [5.41, 5.74) is 8.27. The van der Waals surface area contributed by atoms with Gasteiger partial charge in [0, 0.05) is 23.6 Å². The maximum atomic E-state index is 6.31. The molecule has 5 nitrogen and oxygen atoms in total. The van der Waals surface area contributed by atoms with Crippen LogP contribution in [0.2, 0.25) is 5.02 Å². The molecule has 1 fully saturated rings. The summed E-state index contributed by atoms with van der Waals surface area (Å²) in [6.07, 6.45) is 3.93. The zero-order valence-corrected chi connectivity index (χ0v) is 16.0. The largest absolute Gasteiger partial charge is 0.377 e. The highest BCUT2D eigenvalue weighted by Gasteiger charge is 2.32. The summed E-state index contributed by atoms with van der Waals surface area (Å²) in [5.74, 6) is 2.05. The molecule has 0 spiro atoms. The lowest BCUT2D eigenvalue weighted by molar-refractivity contribution is 0.00883. The van der Waals surface area contributed by atoms with Crippen molar-refractivity contribution >= 4 is 11.6 Å². The van der Waals surface area contributed by atoms with E-state index in [2.05, 4.69) is 12.0 Å². The first-order valence-corrected chi connectivity index (χ1v) is 9.44. The van der Waals surface area contributed by atoms with E-state index in [0.29, 0.717) is 5.92 Å². The van der Waals surface area contributed by atoms with Crippen molar-refractivity contribution in [2.45, 2.75) is 64.5 Å². The third-order valence-corrected chi connectivity index (χ3v) is 5.29. The molecule has 1 aliphatic carbocycles. The Morgan fingerprint density at radius 1 is 1.32 bits per heavy atom. The molecule has 0 bridgehead atoms. The second kappa shape index (κ2) is 7.85. The number of nitrogens with two attached hydrogens (primary N) is 1. The molecule has 3 rings (SSSR count). The van der Waals surface area contributed by atoms with Crippen molar-refractivity contribution in [3.63, 3.8) is 0 Å². The van der Waals surface area contributed by atoms with E-state index in [4.69, 9.17) is 27.1 Å². The third kappa shape index (κ3) is 4.05. The Kier molecular flexibility index (Phi) is 5.77. The topological polar surface area (TPSA) is 66.0 Å². The number of benzene rings is 1. The van der Waals surface area contributed by atoms with E-state index < -0.39 is 0 Å². The zero-order chi connectivity index (χ0) is 18.0. The van der Waals surface area contributed by atoms with Crippen LogP contribution in [-0.4, -0.2) is 33.5 Å². The van der Waals surface area contributed by atoms with Crippen LogP contribution in [0, 0.1) is 13.8 Å². The summed E-state index contributed by atoms with van der Waals surface area (Å²) in [6.45, 7) is 6.80. The van der Waals surface area contributed by atoms with E-state index in [1.165, 1.54) is 0 Å². The predicted octanol–water partition coefficient (Wildman–Crippen LogP) is 3.93. The van der Waals surface area contributed by atoms with Gasteiger partial charge < -0.3 is 10.5 Å². The first kappa shape index (κ1) is 18.4. The fourth-order valence-electron chi connectivity index (χ4n) is 3.45. The fourth-order valence-corrected chi connectivity index (χ4v) is 3.62. The van der Waals surface area contributed by atoms with Crippen molar-refractivity contribution in [3.8, 4) is 5.69 Å². The summed E-state index contributed by atoms with van der Waals surface area (Å²) < 4.78 is 7.91. The molecule has 0 unspecified atom stereocenters. The standard InChI is InChI=1S/C19H27ClN4O/c1-4-9-25-18-10-14(6-8-17(18)21)19-22-13(3)23-24(19)15-7-5-12(2)16(20)11-15/h5,7,11,14,17-18H,4,6,8-10,21H2,1-3H3/t14-,17-,18-/m0/s1. The fraction of sp³-hybridized carbons (Fsp3) is 0.579. The van der Waals surface area contributed by atoms with Crippen molar-refractivity contribution in [1.82, 2.24) is 14.8 Å². The smallest absolute Gasteiger partial charge is 0.148 e. The minimum absolute atomic E-state index is 0.0887. The average Bonchev–Trinajstić information content (AvgIpc) is 2.98. The van der Waals surface area contributed by atoms with Crippen LogP contribution < -0.4 is 5.73 Å². The zero-order valence-electron chi connectivity index (χ0n) is 15.2. The Labute approximate surface area is 154 Å². The van der Waals surface area contributed by atoms with Crippen LogP contribution in [0.4, 0.5) is 0 Å². The minimum Gasteiger partial charge on any atom is -0.377 e. The highest BCUT2D eigenvalue weighted by Crippen LogP contribution is 2.34. The number of ether oxygens (including phenoxy) is 1. The van der Waals surface area contributed by atoms with Crippen molar-refractivity contribution in [2.24, 2.45) is 5.73 Å². The number of hydrogen-bond donors (Lipinski definition) is 1. The molecule has 0 aliphatic heterocycles. The molecule has 6 heteroatoms. The van der Waals surface area contributed by atoms with Gasteiger partial charge in [-0.15, -0.1) is 0 Å². The first-order valence-electron chi connectivity index (χ1n) is 9.06. The Bertz CT molecular complexity index is 730. The van der Waals surface area contributed by atoms with E-state index in [1.54, 1.807) is 0 Å². The van der Waals surface area contributed by atoms with E-state index >= 15 is 0 Å². The van der Waals surface area contributed by atoms with Gasteiger partial charge in [0.15, 0.2) is 0 Å². The Morgan fingerprint density at radius 2 is 2.12 bits per heavy atom. The van der Waals surface area contributed by atoms with Gasteiger partial charge in [0.2, 0.25) is 0 Å². The van der Waals surface area contributed by atoms with Gasteiger partial charge in [0.05, 0.1) is 11.8 Å². The average molecular weight is 363 g/mol. The number of nitrogens with zero attached hydrogens (tertiary/aromatic N) is 3. The second-order valence-electron chi connectivity index (χ2n) is 6.95. The Hall–Kier alpha value is -1.43. The SMILES string of the molecule is CCCO[C@H]1C[C@@H](c2nc(C)nn2-c2ccc(C)c(Cl)c2)CC[C@@H]1N. The number of aromatic nitrogens is 3. The van der Waals surface area contributed by atoms with Crippen molar-refractivity contribution in [3.05, 3.63) is 40.4 Å². The summed E-state index contributed by atoms with van der Waals surface area (Å²) in [6, 6.07) is 6.11. The van der Waals surface area contributed by atoms with Crippen LogP contribution >= 0.6 is 11.6 Å². The molecule has 3 atom stereocenters. The molecule has 0 saturated heterocycles. The molecular formula is C19H27ClN4O. The molecule has 1 aromatic carbocycles. The predicted molar refractivity (Wildman–Crippen MR) is 100 cm³/mol. The van der Waals surface area contributed by atoms with Crippen molar-refractivity contribution in [1.29, 1.82) is 0 Å². The van der Waals surface area contributed by atoms with Gasteiger partial charge in [-0.1, -0.05) is 24.6 Å². The highest BCUT2D eigenvalue weighted by molar-refractivity contribution is 6.31. The Morgan fingerprint density at radius 3 is 2.84 bits per heavy atom. The summed E-state index contributed by atoms with van der Waals surface area (Å²) in [5, 5.41) is 5.35. The molecule has 1 aromatic heterocycles. The van der Waals surface area contributed by atoms with Gasteiger partial charge in [-0.2, -0.15) is 5.10 Å². The van der Waals surface area contributed by atoms with Crippen LogP contribution in [0.1, 0.15) is 55.7 Å². The van der Waals surface area contributed by atoms with Gasteiger partial charge in [-0.05, 0) is 57.2 Å². The molecule has 25 heavy (non-hydrogen) atoms. The van der Waals surface area contributed by atoms with Gasteiger partial charge in [0.25, 0.3) is 0 Å². The Balaban J connectivity index is 1.88. The molecule has 2 N–H and O–H groups in total. The molecule has 0 amide bonds.